The molecule has 1 aliphatic rings. The number of sulfone groups is 1. The topological polar surface area (TPSA) is 79.4 Å². The van der Waals surface area contributed by atoms with Gasteiger partial charge in [-0.1, -0.05) is 12.1 Å². The fraction of sp³-hybridized carbons (Fsp3) is 0.412. The van der Waals surface area contributed by atoms with Crippen molar-refractivity contribution in [3.63, 3.8) is 0 Å². The Morgan fingerprint density at radius 3 is 2.76 bits per heavy atom. The van der Waals surface area contributed by atoms with Crippen molar-refractivity contribution < 1.29 is 13.2 Å². The second-order valence-electron chi connectivity index (χ2n) is 6.23. The average Bonchev–Trinajstić information content (AvgIpc) is 3.23. The molecule has 25 heavy (non-hydrogen) atoms. The molecular formula is C17H21N3O3S2. The molecule has 134 valence electrons. The van der Waals surface area contributed by atoms with E-state index in [9.17, 15) is 13.2 Å². The summed E-state index contributed by atoms with van der Waals surface area (Å²) in [5, 5.41) is 6.03. The van der Waals surface area contributed by atoms with E-state index < -0.39 is 9.84 Å². The number of aromatic nitrogens is 1. The molecule has 1 atom stereocenters. The zero-order valence-corrected chi connectivity index (χ0v) is 15.6. The number of nitrogens with one attached hydrogen (secondary N) is 1. The molecule has 1 amide bonds. The zero-order chi connectivity index (χ0) is 17.9. The minimum atomic E-state index is -3.18. The number of anilines is 1. The largest absolute Gasteiger partial charge is 0.352 e. The molecule has 0 bridgehead atoms. The summed E-state index contributed by atoms with van der Waals surface area (Å²) in [5.74, 6) is 0.0261. The van der Waals surface area contributed by atoms with Gasteiger partial charge in [-0.2, -0.15) is 0 Å². The quantitative estimate of drug-likeness (QED) is 0.829. The van der Waals surface area contributed by atoms with Gasteiger partial charge in [-0.05, 0) is 30.5 Å². The standard InChI is InChI=1S/C17H21N3O3S2/c1-25(22,23)15-5-2-13(3-6-15)4-7-16(21)19-14-8-10-20(12-14)17-18-9-11-24-17/h2-3,5-6,9,11,14H,4,7-8,10,12H2,1H3,(H,19,21). The molecule has 2 heterocycles. The Morgan fingerprint density at radius 2 is 2.12 bits per heavy atom. The fourth-order valence-electron chi connectivity index (χ4n) is 2.88. The van der Waals surface area contributed by atoms with E-state index in [0.29, 0.717) is 17.7 Å². The molecule has 1 N–H and O–H groups in total. The van der Waals surface area contributed by atoms with Crippen molar-refractivity contribution in [3.8, 4) is 0 Å². The molecule has 6 nitrogen and oxygen atoms in total. The molecule has 1 aromatic carbocycles. The molecule has 1 aliphatic heterocycles. The van der Waals surface area contributed by atoms with Crippen LogP contribution in [0.5, 0.6) is 0 Å². The van der Waals surface area contributed by atoms with Gasteiger partial charge in [0, 0.05) is 43.4 Å². The zero-order valence-electron chi connectivity index (χ0n) is 14.0. The van der Waals surface area contributed by atoms with Crippen LogP contribution in [0.25, 0.3) is 0 Å². The molecule has 3 rings (SSSR count). The Kier molecular flexibility index (Phi) is 5.39. The van der Waals surface area contributed by atoms with Crippen molar-refractivity contribution >= 4 is 32.2 Å². The summed E-state index contributed by atoms with van der Waals surface area (Å²) < 4.78 is 22.9. The van der Waals surface area contributed by atoms with Gasteiger partial charge in [-0.3, -0.25) is 4.79 Å². The second kappa shape index (κ2) is 7.53. The van der Waals surface area contributed by atoms with Crippen LogP contribution in [0.2, 0.25) is 0 Å². The number of rotatable bonds is 6. The highest BCUT2D eigenvalue weighted by Gasteiger charge is 2.25. The number of hydrogen-bond donors (Lipinski definition) is 1. The van der Waals surface area contributed by atoms with Gasteiger partial charge in [0.05, 0.1) is 4.90 Å². The normalized spacial score (nSPS) is 17.6. The van der Waals surface area contributed by atoms with E-state index in [2.05, 4.69) is 15.2 Å². The molecule has 2 aromatic rings. The maximum atomic E-state index is 12.2. The van der Waals surface area contributed by atoms with E-state index in [4.69, 9.17) is 0 Å². The summed E-state index contributed by atoms with van der Waals surface area (Å²) >= 11 is 1.61. The molecular weight excluding hydrogens is 358 g/mol. The number of benzene rings is 1. The van der Waals surface area contributed by atoms with Gasteiger partial charge in [0.2, 0.25) is 5.91 Å². The molecule has 1 unspecified atom stereocenters. The van der Waals surface area contributed by atoms with E-state index in [1.807, 2.05) is 5.38 Å². The van der Waals surface area contributed by atoms with E-state index in [1.165, 1.54) is 6.26 Å². The van der Waals surface area contributed by atoms with Crippen LogP contribution in [0.15, 0.2) is 40.7 Å². The Hall–Kier alpha value is -1.93. The number of hydrogen-bond acceptors (Lipinski definition) is 6. The van der Waals surface area contributed by atoms with Crippen molar-refractivity contribution in [2.75, 3.05) is 24.2 Å². The van der Waals surface area contributed by atoms with Gasteiger partial charge in [0.25, 0.3) is 0 Å². The monoisotopic (exact) mass is 379 g/mol. The van der Waals surface area contributed by atoms with Gasteiger partial charge in [-0.25, -0.2) is 13.4 Å². The van der Waals surface area contributed by atoms with Crippen LogP contribution in [0, 0.1) is 0 Å². The molecule has 8 heteroatoms. The lowest BCUT2D eigenvalue weighted by Gasteiger charge is -2.15. The smallest absolute Gasteiger partial charge is 0.220 e. The molecule has 1 fully saturated rings. The lowest BCUT2D eigenvalue weighted by molar-refractivity contribution is -0.121. The van der Waals surface area contributed by atoms with E-state index in [-0.39, 0.29) is 11.9 Å². The van der Waals surface area contributed by atoms with Gasteiger partial charge in [0.1, 0.15) is 0 Å². The summed E-state index contributed by atoms with van der Waals surface area (Å²) in [7, 11) is -3.18. The SMILES string of the molecule is CS(=O)(=O)c1ccc(CCC(=O)NC2CCN(c3nccs3)C2)cc1. The predicted molar refractivity (Wildman–Crippen MR) is 98.7 cm³/mol. The maximum absolute atomic E-state index is 12.2. The molecule has 1 saturated heterocycles. The van der Waals surface area contributed by atoms with Crippen LogP contribution in [0.3, 0.4) is 0 Å². The van der Waals surface area contributed by atoms with E-state index in [0.717, 1.165) is 30.2 Å². The Balaban J connectivity index is 1.45. The number of aryl methyl sites for hydroxylation is 1. The summed E-state index contributed by atoms with van der Waals surface area (Å²) in [6, 6.07) is 6.87. The van der Waals surface area contributed by atoms with Crippen LogP contribution in [-0.2, 0) is 21.1 Å². The molecule has 0 spiro atoms. The maximum Gasteiger partial charge on any atom is 0.220 e. The Bertz CT molecular complexity index is 817. The summed E-state index contributed by atoms with van der Waals surface area (Å²) in [6.45, 7) is 1.70. The third-order valence-electron chi connectivity index (χ3n) is 4.24. The Labute approximate surface area is 151 Å². The van der Waals surface area contributed by atoms with Crippen molar-refractivity contribution in [2.45, 2.75) is 30.2 Å². The number of nitrogens with zero attached hydrogens (tertiary/aromatic N) is 2. The third kappa shape index (κ3) is 4.79. The highest BCUT2D eigenvalue weighted by Crippen LogP contribution is 2.22. The van der Waals surface area contributed by atoms with Crippen molar-refractivity contribution in [3.05, 3.63) is 41.4 Å². The summed E-state index contributed by atoms with van der Waals surface area (Å²) in [4.78, 5) is 18.9. The highest BCUT2D eigenvalue weighted by atomic mass is 32.2. The van der Waals surface area contributed by atoms with Gasteiger partial charge in [-0.15, -0.1) is 11.3 Å². The molecule has 0 saturated carbocycles. The Morgan fingerprint density at radius 1 is 1.36 bits per heavy atom. The van der Waals surface area contributed by atoms with Crippen molar-refractivity contribution in [2.24, 2.45) is 0 Å². The fourth-order valence-corrected chi connectivity index (χ4v) is 4.20. The first-order valence-electron chi connectivity index (χ1n) is 8.14. The van der Waals surface area contributed by atoms with Crippen LogP contribution in [-0.4, -0.2) is 44.7 Å². The third-order valence-corrected chi connectivity index (χ3v) is 6.20. The second-order valence-corrected chi connectivity index (χ2v) is 9.12. The minimum Gasteiger partial charge on any atom is -0.352 e. The molecule has 0 aliphatic carbocycles. The minimum absolute atomic E-state index is 0.0261. The van der Waals surface area contributed by atoms with Crippen molar-refractivity contribution in [1.82, 2.24) is 10.3 Å². The van der Waals surface area contributed by atoms with Gasteiger partial charge >= 0.3 is 0 Å². The first-order chi connectivity index (χ1) is 11.9. The lowest BCUT2D eigenvalue weighted by atomic mass is 10.1. The summed E-state index contributed by atoms with van der Waals surface area (Å²) in [5.41, 5.74) is 0.957. The van der Waals surface area contributed by atoms with Crippen LogP contribution in [0.1, 0.15) is 18.4 Å². The number of amides is 1. The number of carbonyl (C=O) groups excluding carboxylic acids is 1. The average molecular weight is 380 g/mol. The first kappa shape index (κ1) is 17.9. The van der Waals surface area contributed by atoms with E-state index >= 15 is 0 Å². The van der Waals surface area contributed by atoms with Crippen LogP contribution < -0.4 is 10.2 Å². The molecule has 1 aromatic heterocycles. The van der Waals surface area contributed by atoms with Crippen LogP contribution >= 0.6 is 11.3 Å². The van der Waals surface area contributed by atoms with Crippen molar-refractivity contribution in [1.29, 1.82) is 0 Å². The first-order valence-corrected chi connectivity index (χ1v) is 10.9. The van der Waals surface area contributed by atoms with Gasteiger partial charge in [0.15, 0.2) is 15.0 Å². The number of carbonyl (C=O) groups is 1. The lowest BCUT2D eigenvalue weighted by Crippen LogP contribution is -2.37. The molecule has 0 radical (unpaired) electrons. The van der Waals surface area contributed by atoms with Gasteiger partial charge < -0.3 is 10.2 Å². The highest BCUT2D eigenvalue weighted by molar-refractivity contribution is 7.90. The number of thiazole rings is 1. The van der Waals surface area contributed by atoms with E-state index in [1.54, 1.807) is 41.8 Å². The van der Waals surface area contributed by atoms with Crippen LogP contribution in [0.4, 0.5) is 5.13 Å². The summed E-state index contributed by atoms with van der Waals surface area (Å²) in [6.07, 6.45) is 4.89. The predicted octanol–water partition coefficient (Wildman–Crippen LogP) is 1.87.